The molecular formula is C19H27N7O2. The SMILES string of the molecule is COc1cccc(CNc2nc(NCCC(C)(C)O)nc3c2ncn3C)c1N. The van der Waals surface area contributed by atoms with Gasteiger partial charge in [0.2, 0.25) is 5.95 Å². The molecule has 0 fully saturated rings. The predicted octanol–water partition coefficient (Wildman–Crippen LogP) is 2.14. The molecular weight excluding hydrogens is 358 g/mol. The number of benzene rings is 1. The van der Waals surface area contributed by atoms with Crippen LogP contribution in [0.4, 0.5) is 17.5 Å². The van der Waals surface area contributed by atoms with Crippen LogP contribution in [0.2, 0.25) is 0 Å². The minimum atomic E-state index is -0.755. The van der Waals surface area contributed by atoms with E-state index < -0.39 is 5.60 Å². The van der Waals surface area contributed by atoms with Crippen molar-refractivity contribution in [1.29, 1.82) is 0 Å². The van der Waals surface area contributed by atoms with E-state index in [0.717, 1.165) is 5.56 Å². The summed E-state index contributed by atoms with van der Waals surface area (Å²) in [4.78, 5) is 13.5. The third-order valence-corrected chi connectivity index (χ3v) is 4.40. The van der Waals surface area contributed by atoms with Gasteiger partial charge >= 0.3 is 0 Å². The number of anilines is 3. The van der Waals surface area contributed by atoms with Crippen LogP contribution in [0.5, 0.6) is 5.75 Å². The summed E-state index contributed by atoms with van der Waals surface area (Å²) in [5.74, 6) is 1.72. The number of nitrogens with one attached hydrogen (secondary N) is 2. The van der Waals surface area contributed by atoms with Gasteiger partial charge in [-0.25, -0.2) is 4.98 Å². The van der Waals surface area contributed by atoms with Crippen LogP contribution < -0.4 is 21.1 Å². The number of ether oxygens (including phenoxy) is 1. The van der Waals surface area contributed by atoms with Crippen LogP contribution in [-0.4, -0.2) is 43.9 Å². The van der Waals surface area contributed by atoms with E-state index in [1.165, 1.54) is 0 Å². The fraction of sp³-hybridized carbons (Fsp3) is 0.421. The zero-order chi connectivity index (χ0) is 20.3. The molecule has 0 bridgehead atoms. The van der Waals surface area contributed by atoms with Gasteiger partial charge in [0.15, 0.2) is 17.0 Å². The molecule has 0 unspecified atom stereocenters. The largest absolute Gasteiger partial charge is 0.495 e. The monoisotopic (exact) mass is 385 g/mol. The highest BCUT2D eigenvalue weighted by Gasteiger charge is 2.15. The molecule has 1 aromatic carbocycles. The average Bonchev–Trinajstić information content (AvgIpc) is 3.01. The van der Waals surface area contributed by atoms with Gasteiger partial charge in [-0.3, -0.25) is 0 Å². The second kappa shape index (κ2) is 7.89. The molecule has 2 heterocycles. The Bertz CT molecular complexity index is 963. The van der Waals surface area contributed by atoms with E-state index in [-0.39, 0.29) is 0 Å². The van der Waals surface area contributed by atoms with Gasteiger partial charge in [-0.1, -0.05) is 12.1 Å². The number of rotatable bonds is 8. The molecule has 0 spiro atoms. The van der Waals surface area contributed by atoms with Gasteiger partial charge in [0.05, 0.1) is 24.7 Å². The highest BCUT2D eigenvalue weighted by Crippen LogP contribution is 2.26. The molecule has 9 heteroatoms. The second-order valence-corrected chi connectivity index (χ2v) is 7.30. The zero-order valence-corrected chi connectivity index (χ0v) is 16.7. The van der Waals surface area contributed by atoms with Crippen LogP contribution in [-0.2, 0) is 13.6 Å². The standard InChI is InChI=1S/C19H27N7O2/c1-19(2,27)8-9-21-18-24-16(15-17(25-18)26(3)11-23-15)22-10-12-6-5-7-13(28-4)14(12)20/h5-7,11,27H,8-10,20H2,1-4H3,(H2,21,22,24,25). The highest BCUT2D eigenvalue weighted by molar-refractivity contribution is 5.84. The number of para-hydroxylation sites is 1. The summed E-state index contributed by atoms with van der Waals surface area (Å²) < 4.78 is 7.11. The third-order valence-electron chi connectivity index (χ3n) is 4.40. The maximum atomic E-state index is 9.88. The van der Waals surface area contributed by atoms with Crippen LogP contribution in [0.15, 0.2) is 24.5 Å². The number of fused-ring (bicyclic) bond motifs is 1. The van der Waals surface area contributed by atoms with E-state index in [1.54, 1.807) is 27.3 Å². The molecule has 0 aliphatic rings. The van der Waals surface area contributed by atoms with Gasteiger partial charge in [0.25, 0.3) is 0 Å². The summed E-state index contributed by atoms with van der Waals surface area (Å²) in [6.07, 6.45) is 2.27. The fourth-order valence-corrected chi connectivity index (χ4v) is 2.79. The Morgan fingerprint density at radius 3 is 2.75 bits per heavy atom. The minimum absolute atomic E-state index is 0.467. The number of hydrogen-bond donors (Lipinski definition) is 4. The number of aliphatic hydroxyl groups is 1. The van der Waals surface area contributed by atoms with Crippen molar-refractivity contribution in [2.45, 2.75) is 32.4 Å². The van der Waals surface area contributed by atoms with Crippen molar-refractivity contribution in [1.82, 2.24) is 19.5 Å². The van der Waals surface area contributed by atoms with Crippen molar-refractivity contribution >= 4 is 28.6 Å². The van der Waals surface area contributed by atoms with Gasteiger partial charge in [-0.05, 0) is 31.9 Å². The van der Waals surface area contributed by atoms with Gasteiger partial charge < -0.3 is 30.8 Å². The topological polar surface area (TPSA) is 123 Å². The van der Waals surface area contributed by atoms with Crippen LogP contribution in [0, 0.1) is 0 Å². The predicted molar refractivity (Wildman–Crippen MR) is 110 cm³/mol. The zero-order valence-electron chi connectivity index (χ0n) is 16.7. The van der Waals surface area contributed by atoms with Crippen LogP contribution >= 0.6 is 0 Å². The lowest BCUT2D eigenvalue weighted by Gasteiger charge is -2.17. The van der Waals surface area contributed by atoms with Crippen molar-refractivity contribution in [3.05, 3.63) is 30.1 Å². The first-order valence-electron chi connectivity index (χ1n) is 9.09. The molecule has 0 saturated carbocycles. The first kappa shape index (κ1) is 19.7. The molecule has 5 N–H and O–H groups in total. The Hall–Kier alpha value is -3.07. The molecule has 0 saturated heterocycles. The lowest BCUT2D eigenvalue weighted by Crippen LogP contribution is -2.23. The third kappa shape index (κ3) is 4.42. The molecule has 2 aromatic heterocycles. The number of nitrogen functional groups attached to an aromatic ring is 1. The normalized spacial score (nSPS) is 11.6. The maximum Gasteiger partial charge on any atom is 0.226 e. The first-order valence-corrected chi connectivity index (χ1v) is 9.09. The Morgan fingerprint density at radius 2 is 2.04 bits per heavy atom. The van der Waals surface area contributed by atoms with E-state index in [2.05, 4.69) is 25.6 Å². The molecule has 0 aliphatic heterocycles. The number of nitrogens with zero attached hydrogens (tertiary/aromatic N) is 4. The van der Waals surface area contributed by atoms with Crippen LogP contribution in [0.25, 0.3) is 11.2 Å². The number of aryl methyl sites for hydroxylation is 1. The maximum absolute atomic E-state index is 9.88. The van der Waals surface area contributed by atoms with Gasteiger partial charge in [0.1, 0.15) is 5.75 Å². The summed E-state index contributed by atoms with van der Waals surface area (Å²) in [5.41, 5.74) is 8.28. The Labute approximate surface area is 164 Å². The van der Waals surface area contributed by atoms with Crippen molar-refractivity contribution in [2.24, 2.45) is 7.05 Å². The summed E-state index contributed by atoms with van der Waals surface area (Å²) in [5, 5.41) is 16.4. The van der Waals surface area contributed by atoms with Gasteiger partial charge in [0, 0.05) is 20.1 Å². The Kier molecular flexibility index (Phi) is 5.55. The number of aromatic nitrogens is 4. The average molecular weight is 385 g/mol. The van der Waals surface area contributed by atoms with Crippen LogP contribution in [0.3, 0.4) is 0 Å². The molecule has 0 aliphatic carbocycles. The quantitative estimate of drug-likeness (QED) is 0.435. The number of methoxy groups -OCH3 is 1. The molecule has 3 rings (SSSR count). The minimum Gasteiger partial charge on any atom is -0.495 e. The molecule has 28 heavy (non-hydrogen) atoms. The second-order valence-electron chi connectivity index (χ2n) is 7.30. The van der Waals surface area contributed by atoms with E-state index in [0.29, 0.717) is 53.9 Å². The molecule has 0 radical (unpaired) electrons. The summed E-state index contributed by atoms with van der Waals surface area (Å²) >= 11 is 0. The van der Waals surface area contributed by atoms with Gasteiger partial charge in [-0.2, -0.15) is 9.97 Å². The van der Waals surface area contributed by atoms with Crippen molar-refractivity contribution in [3.8, 4) is 5.75 Å². The van der Waals surface area contributed by atoms with Crippen molar-refractivity contribution < 1.29 is 9.84 Å². The Balaban J connectivity index is 1.83. The van der Waals surface area contributed by atoms with E-state index in [1.807, 2.05) is 29.8 Å². The number of imidazole rings is 1. The van der Waals surface area contributed by atoms with Gasteiger partial charge in [-0.15, -0.1) is 0 Å². The molecule has 9 nitrogen and oxygen atoms in total. The lowest BCUT2D eigenvalue weighted by atomic mass is 10.1. The van der Waals surface area contributed by atoms with E-state index in [9.17, 15) is 5.11 Å². The summed E-state index contributed by atoms with van der Waals surface area (Å²) in [7, 11) is 3.48. The van der Waals surface area contributed by atoms with E-state index in [4.69, 9.17) is 10.5 Å². The summed E-state index contributed by atoms with van der Waals surface area (Å²) in [6, 6.07) is 5.65. The molecule has 3 aromatic rings. The van der Waals surface area contributed by atoms with Crippen molar-refractivity contribution in [3.63, 3.8) is 0 Å². The van der Waals surface area contributed by atoms with Crippen LogP contribution in [0.1, 0.15) is 25.8 Å². The summed E-state index contributed by atoms with van der Waals surface area (Å²) in [6.45, 7) is 4.56. The molecule has 150 valence electrons. The molecule has 0 atom stereocenters. The van der Waals surface area contributed by atoms with E-state index >= 15 is 0 Å². The highest BCUT2D eigenvalue weighted by atomic mass is 16.5. The molecule has 0 amide bonds. The number of nitrogens with two attached hydrogens (primary N) is 1. The number of hydrogen-bond acceptors (Lipinski definition) is 8. The lowest BCUT2D eigenvalue weighted by molar-refractivity contribution is 0.0748. The smallest absolute Gasteiger partial charge is 0.226 e. The van der Waals surface area contributed by atoms with Crippen molar-refractivity contribution in [2.75, 3.05) is 30.0 Å². The fourth-order valence-electron chi connectivity index (χ4n) is 2.79. The Morgan fingerprint density at radius 1 is 1.25 bits per heavy atom. The first-order chi connectivity index (χ1) is 13.3.